The zero-order chi connectivity index (χ0) is 34.2. The number of esters is 1. The molecule has 1 unspecified atom stereocenters. The molecule has 3 aromatic carbocycles. The lowest BCUT2D eigenvalue weighted by atomic mass is 9.88. The van der Waals surface area contributed by atoms with Gasteiger partial charge in [-0.15, -0.1) is 23.1 Å². The average molecular weight is 682 g/mol. The van der Waals surface area contributed by atoms with Gasteiger partial charge in [0.1, 0.15) is 10.7 Å². The van der Waals surface area contributed by atoms with Crippen LogP contribution in [0.4, 0.5) is 10.7 Å². The molecule has 0 bridgehead atoms. The van der Waals surface area contributed by atoms with Crippen LogP contribution in [0.25, 0.3) is 6.08 Å². The number of benzene rings is 3. The van der Waals surface area contributed by atoms with Crippen LogP contribution < -0.4 is 16.0 Å². The SMILES string of the molecule is COC(=O)c1c(NC(=O)CSc2cccc(NC(=O)/C(=C\c3ccc(C(C)C)cc3)NC(=O)c3ccccc3)c2)sc2c1CCC(C)C2. The topological polar surface area (TPSA) is 114 Å². The first-order valence-corrected chi connectivity index (χ1v) is 17.7. The van der Waals surface area contributed by atoms with Crippen molar-refractivity contribution < 1.29 is 23.9 Å². The maximum atomic E-state index is 13.6. The van der Waals surface area contributed by atoms with Crippen molar-refractivity contribution in [2.24, 2.45) is 5.92 Å². The van der Waals surface area contributed by atoms with Gasteiger partial charge >= 0.3 is 5.97 Å². The third kappa shape index (κ3) is 8.81. The molecule has 1 aliphatic carbocycles. The summed E-state index contributed by atoms with van der Waals surface area (Å²) < 4.78 is 5.04. The normalized spacial score (nSPS) is 14.2. The molecule has 1 atom stereocenters. The Balaban J connectivity index is 1.27. The van der Waals surface area contributed by atoms with E-state index >= 15 is 0 Å². The molecule has 4 aromatic rings. The number of thioether (sulfide) groups is 1. The van der Waals surface area contributed by atoms with Gasteiger partial charge in [0.2, 0.25) is 5.91 Å². The van der Waals surface area contributed by atoms with E-state index in [1.165, 1.54) is 35.8 Å². The quantitative estimate of drug-likeness (QED) is 0.0842. The highest BCUT2D eigenvalue weighted by Gasteiger charge is 2.29. The van der Waals surface area contributed by atoms with E-state index < -0.39 is 17.8 Å². The fourth-order valence-corrected chi connectivity index (χ4v) is 7.59. The van der Waals surface area contributed by atoms with Crippen molar-refractivity contribution in [3.8, 4) is 0 Å². The monoisotopic (exact) mass is 681 g/mol. The van der Waals surface area contributed by atoms with E-state index in [-0.39, 0.29) is 17.4 Å². The number of fused-ring (bicyclic) bond motifs is 1. The lowest BCUT2D eigenvalue weighted by Gasteiger charge is -2.18. The molecule has 8 nitrogen and oxygen atoms in total. The number of anilines is 2. The molecule has 0 fully saturated rings. The number of hydrogen-bond acceptors (Lipinski definition) is 7. The molecular weight excluding hydrogens is 643 g/mol. The van der Waals surface area contributed by atoms with Crippen molar-refractivity contribution in [1.29, 1.82) is 0 Å². The van der Waals surface area contributed by atoms with Gasteiger partial charge in [-0.3, -0.25) is 14.4 Å². The summed E-state index contributed by atoms with van der Waals surface area (Å²) in [5, 5.41) is 9.13. The first kappa shape index (κ1) is 34.7. The van der Waals surface area contributed by atoms with Gasteiger partial charge in [0.25, 0.3) is 11.8 Å². The van der Waals surface area contributed by atoms with Crippen LogP contribution in [0.15, 0.2) is 89.5 Å². The predicted octanol–water partition coefficient (Wildman–Crippen LogP) is 7.92. The maximum Gasteiger partial charge on any atom is 0.341 e. The Labute approximate surface area is 289 Å². The minimum absolute atomic E-state index is 0.0908. The average Bonchev–Trinajstić information content (AvgIpc) is 3.43. The predicted molar refractivity (Wildman–Crippen MR) is 194 cm³/mol. The molecule has 0 saturated heterocycles. The van der Waals surface area contributed by atoms with E-state index in [4.69, 9.17) is 4.74 Å². The van der Waals surface area contributed by atoms with Crippen molar-refractivity contribution >= 4 is 63.6 Å². The number of amides is 3. The molecule has 5 rings (SSSR count). The Kier molecular flexibility index (Phi) is 11.5. The minimum Gasteiger partial charge on any atom is -0.465 e. The molecule has 1 heterocycles. The molecule has 0 aliphatic heterocycles. The molecule has 48 heavy (non-hydrogen) atoms. The van der Waals surface area contributed by atoms with Crippen LogP contribution >= 0.6 is 23.1 Å². The Bertz CT molecular complexity index is 1830. The van der Waals surface area contributed by atoms with Crippen molar-refractivity contribution in [1.82, 2.24) is 5.32 Å². The molecule has 0 radical (unpaired) electrons. The van der Waals surface area contributed by atoms with Gasteiger partial charge in [-0.05, 0) is 84.2 Å². The van der Waals surface area contributed by atoms with Gasteiger partial charge in [-0.2, -0.15) is 0 Å². The molecule has 248 valence electrons. The van der Waals surface area contributed by atoms with Gasteiger partial charge in [0.05, 0.1) is 18.4 Å². The van der Waals surface area contributed by atoms with Gasteiger partial charge < -0.3 is 20.7 Å². The van der Waals surface area contributed by atoms with Crippen LogP contribution in [0, 0.1) is 5.92 Å². The number of hydrogen-bond donors (Lipinski definition) is 3. The fraction of sp³-hybridized carbons (Fsp3) is 0.263. The highest BCUT2D eigenvalue weighted by atomic mass is 32.2. The lowest BCUT2D eigenvalue weighted by Crippen LogP contribution is -2.30. The third-order valence-corrected chi connectivity index (χ3v) is 10.2. The van der Waals surface area contributed by atoms with Crippen LogP contribution in [0.1, 0.15) is 75.4 Å². The Morgan fingerprint density at radius 3 is 2.44 bits per heavy atom. The molecule has 10 heteroatoms. The van der Waals surface area contributed by atoms with Crippen molar-refractivity contribution in [3.63, 3.8) is 0 Å². The lowest BCUT2D eigenvalue weighted by molar-refractivity contribution is -0.114. The second-order valence-electron chi connectivity index (χ2n) is 12.1. The van der Waals surface area contributed by atoms with E-state index in [2.05, 4.69) is 36.7 Å². The second-order valence-corrected chi connectivity index (χ2v) is 14.2. The maximum absolute atomic E-state index is 13.6. The summed E-state index contributed by atoms with van der Waals surface area (Å²) >= 11 is 2.76. The van der Waals surface area contributed by atoms with Gasteiger partial charge in [0.15, 0.2) is 0 Å². The van der Waals surface area contributed by atoms with Gasteiger partial charge in [-0.1, -0.05) is 69.3 Å². The largest absolute Gasteiger partial charge is 0.465 e. The summed E-state index contributed by atoms with van der Waals surface area (Å²) in [6.45, 7) is 6.41. The molecule has 0 saturated carbocycles. The van der Waals surface area contributed by atoms with Crippen molar-refractivity contribution in [2.75, 3.05) is 23.5 Å². The van der Waals surface area contributed by atoms with Gasteiger partial charge in [-0.25, -0.2) is 4.79 Å². The fourth-order valence-electron chi connectivity index (χ4n) is 5.42. The molecule has 1 aliphatic rings. The summed E-state index contributed by atoms with van der Waals surface area (Å²) in [5.74, 6) is -0.584. The highest BCUT2D eigenvalue weighted by Crippen LogP contribution is 2.40. The Morgan fingerprint density at radius 1 is 0.979 bits per heavy atom. The van der Waals surface area contributed by atoms with Gasteiger partial charge in [0, 0.05) is 21.0 Å². The Hall–Kier alpha value is -4.67. The number of carbonyl (C=O) groups excluding carboxylic acids is 4. The molecule has 3 N–H and O–H groups in total. The number of carbonyl (C=O) groups is 4. The molecule has 3 amide bonds. The number of ether oxygens (including phenoxy) is 1. The van der Waals surface area contributed by atoms with Crippen LogP contribution in [0.3, 0.4) is 0 Å². The van der Waals surface area contributed by atoms with Crippen LogP contribution in [0.5, 0.6) is 0 Å². The molecular formula is C38H39N3O5S2. The van der Waals surface area contributed by atoms with Crippen molar-refractivity contribution in [3.05, 3.63) is 117 Å². The molecule has 1 aromatic heterocycles. The van der Waals surface area contributed by atoms with E-state index in [0.717, 1.165) is 40.2 Å². The first-order valence-electron chi connectivity index (χ1n) is 15.9. The van der Waals surface area contributed by atoms with Crippen molar-refractivity contribution in [2.45, 2.75) is 50.8 Å². The number of rotatable bonds is 11. The number of thiophene rings is 1. The van der Waals surface area contributed by atoms with E-state index in [9.17, 15) is 19.2 Å². The summed E-state index contributed by atoms with van der Waals surface area (Å²) in [7, 11) is 1.35. The first-order chi connectivity index (χ1) is 23.1. The standard InChI is InChI=1S/C38H39N3O5S2/c1-23(2)26-16-14-25(15-17-26)20-31(40-35(43)27-9-6-5-7-10-27)36(44)39-28-11-8-12-29(21-28)47-22-33(42)41-37-34(38(45)46-4)30-18-13-24(3)19-32(30)48-37/h5-12,14-17,20-21,23-24H,13,18-19,22H2,1-4H3,(H,39,44)(H,40,43)(H,41,42)/b31-20+. The Morgan fingerprint density at radius 2 is 1.73 bits per heavy atom. The summed E-state index contributed by atoms with van der Waals surface area (Å²) in [4.78, 5) is 54.1. The summed E-state index contributed by atoms with van der Waals surface area (Å²) in [5.41, 5.74) is 4.41. The van der Waals surface area contributed by atoms with Crippen LogP contribution in [0.2, 0.25) is 0 Å². The van der Waals surface area contributed by atoms with E-state index in [0.29, 0.717) is 33.7 Å². The van der Waals surface area contributed by atoms with Crippen LogP contribution in [-0.2, 0) is 27.2 Å². The summed E-state index contributed by atoms with van der Waals surface area (Å²) in [6.07, 6.45) is 4.31. The smallest absolute Gasteiger partial charge is 0.341 e. The molecule has 0 spiro atoms. The highest BCUT2D eigenvalue weighted by molar-refractivity contribution is 8.00. The zero-order valence-corrected chi connectivity index (χ0v) is 29.1. The minimum atomic E-state index is -0.488. The van der Waals surface area contributed by atoms with E-state index in [1.807, 2.05) is 36.4 Å². The second kappa shape index (κ2) is 16.0. The summed E-state index contributed by atoms with van der Waals surface area (Å²) in [6, 6.07) is 23.7. The zero-order valence-electron chi connectivity index (χ0n) is 27.4. The van der Waals surface area contributed by atoms with E-state index in [1.54, 1.807) is 48.5 Å². The number of methoxy groups -OCH3 is 1. The number of nitrogens with one attached hydrogen (secondary N) is 3. The third-order valence-electron chi connectivity index (χ3n) is 8.06. The van der Waals surface area contributed by atoms with Crippen LogP contribution in [-0.4, -0.2) is 36.6 Å².